The predicted octanol–water partition coefficient (Wildman–Crippen LogP) is 2.63. The van der Waals surface area contributed by atoms with Crippen LogP contribution in [0.5, 0.6) is 0 Å². The van der Waals surface area contributed by atoms with E-state index in [4.69, 9.17) is 5.73 Å². The first-order chi connectivity index (χ1) is 8.20. The molecular weight excluding hydrogens is 210 g/mol. The zero-order valence-corrected chi connectivity index (χ0v) is 9.59. The second-order valence-corrected chi connectivity index (χ2v) is 3.99. The third-order valence-electron chi connectivity index (χ3n) is 2.61. The number of nitrogen functional groups attached to an aromatic ring is 1. The first-order valence-electron chi connectivity index (χ1n) is 5.38. The fourth-order valence-electron chi connectivity index (χ4n) is 1.75. The van der Waals surface area contributed by atoms with Crippen LogP contribution in [-0.4, -0.2) is 4.98 Å². The molecule has 3 nitrogen and oxygen atoms in total. The molecule has 1 heterocycles. The zero-order valence-electron chi connectivity index (χ0n) is 9.59. The van der Waals surface area contributed by atoms with E-state index in [0.29, 0.717) is 5.69 Å². The van der Waals surface area contributed by atoms with E-state index in [-0.39, 0.29) is 5.92 Å². The molecule has 1 atom stereocenters. The Morgan fingerprint density at radius 2 is 2.12 bits per heavy atom. The van der Waals surface area contributed by atoms with Crippen molar-refractivity contribution in [3.63, 3.8) is 0 Å². The molecule has 1 aromatic carbocycles. The Kier molecular flexibility index (Phi) is 3.06. The Morgan fingerprint density at radius 1 is 1.29 bits per heavy atom. The number of hydrogen-bond acceptors (Lipinski definition) is 3. The van der Waals surface area contributed by atoms with Crippen LogP contribution < -0.4 is 5.73 Å². The molecular formula is C14H13N3. The highest BCUT2D eigenvalue weighted by molar-refractivity contribution is 5.41. The Morgan fingerprint density at radius 3 is 2.71 bits per heavy atom. The van der Waals surface area contributed by atoms with Crippen LogP contribution in [0.4, 0.5) is 5.69 Å². The first-order valence-corrected chi connectivity index (χ1v) is 5.38. The minimum Gasteiger partial charge on any atom is -0.397 e. The average molecular weight is 223 g/mol. The molecule has 3 heteroatoms. The van der Waals surface area contributed by atoms with Crippen LogP contribution in [0.25, 0.3) is 0 Å². The summed E-state index contributed by atoms with van der Waals surface area (Å²) >= 11 is 0. The summed E-state index contributed by atoms with van der Waals surface area (Å²) in [6, 6.07) is 13.7. The lowest BCUT2D eigenvalue weighted by molar-refractivity contribution is 0.965. The van der Waals surface area contributed by atoms with Gasteiger partial charge in [-0.1, -0.05) is 29.8 Å². The molecule has 0 saturated heterocycles. The molecule has 2 N–H and O–H groups in total. The average Bonchev–Trinajstić information content (AvgIpc) is 2.33. The number of aromatic nitrogens is 1. The van der Waals surface area contributed by atoms with Crippen molar-refractivity contribution in [2.75, 3.05) is 5.73 Å². The van der Waals surface area contributed by atoms with Crippen molar-refractivity contribution in [3.8, 4) is 6.07 Å². The molecule has 0 aliphatic carbocycles. The van der Waals surface area contributed by atoms with Gasteiger partial charge in [0.05, 0.1) is 23.6 Å². The van der Waals surface area contributed by atoms with Crippen LogP contribution >= 0.6 is 0 Å². The van der Waals surface area contributed by atoms with Crippen molar-refractivity contribution in [3.05, 3.63) is 59.4 Å². The van der Waals surface area contributed by atoms with Crippen molar-refractivity contribution < 1.29 is 0 Å². The quantitative estimate of drug-likeness (QED) is 0.851. The molecule has 0 bridgehead atoms. The number of nitrogens with zero attached hydrogens (tertiary/aromatic N) is 2. The minimum absolute atomic E-state index is 0.338. The zero-order chi connectivity index (χ0) is 12.3. The molecule has 0 amide bonds. The van der Waals surface area contributed by atoms with E-state index in [2.05, 4.69) is 11.1 Å². The third-order valence-corrected chi connectivity index (χ3v) is 2.61. The molecule has 2 aromatic rings. The van der Waals surface area contributed by atoms with Crippen LogP contribution in [0.15, 0.2) is 42.6 Å². The molecule has 0 aliphatic heterocycles. The number of benzene rings is 1. The molecule has 0 saturated carbocycles. The molecule has 84 valence electrons. The van der Waals surface area contributed by atoms with Crippen molar-refractivity contribution in [1.29, 1.82) is 5.26 Å². The summed E-state index contributed by atoms with van der Waals surface area (Å²) in [5, 5.41) is 9.27. The van der Waals surface area contributed by atoms with Gasteiger partial charge >= 0.3 is 0 Å². The van der Waals surface area contributed by atoms with Gasteiger partial charge in [-0.25, -0.2) is 0 Å². The van der Waals surface area contributed by atoms with Crippen LogP contribution in [0.3, 0.4) is 0 Å². The van der Waals surface area contributed by atoms with E-state index >= 15 is 0 Å². The molecule has 0 aliphatic rings. The minimum atomic E-state index is -0.338. The summed E-state index contributed by atoms with van der Waals surface area (Å²) in [5.41, 5.74) is 9.02. The van der Waals surface area contributed by atoms with Gasteiger partial charge in [-0.15, -0.1) is 0 Å². The fourth-order valence-corrected chi connectivity index (χ4v) is 1.75. The standard InChI is InChI=1S/C14H13N3/c1-10-3-2-4-11(7-10)13(8-15)14-6-5-12(16)9-17-14/h2-7,9,13H,16H2,1H3. The fraction of sp³-hybridized carbons (Fsp3) is 0.143. The van der Waals surface area contributed by atoms with E-state index in [1.54, 1.807) is 18.3 Å². The Labute approximate surface area is 101 Å². The number of nitriles is 1. The number of anilines is 1. The topological polar surface area (TPSA) is 62.7 Å². The smallest absolute Gasteiger partial charge is 0.113 e. The van der Waals surface area contributed by atoms with Crippen LogP contribution in [-0.2, 0) is 0 Å². The van der Waals surface area contributed by atoms with Gasteiger partial charge < -0.3 is 5.73 Å². The first kappa shape index (κ1) is 11.2. The summed E-state index contributed by atoms with van der Waals surface area (Å²) in [6.45, 7) is 2.01. The van der Waals surface area contributed by atoms with Crippen LogP contribution in [0.2, 0.25) is 0 Å². The Balaban J connectivity index is 2.41. The van der Waals surface area contributed by atoms with Gasteiger partial charge in [-0.2, -0.15) is 5.26 Å². The van der Waals surface area contributed by atoms with E-state index < -0.39 is 0 Å². The molecule has 1 unspecified atom stereocenters. The largest absolute Gasteiger partial charge is 0.397 e. The molecule has 0 fully saturated rings. The number of nitrogens with two attached hydrogens (primary N) is 1. The molecule has 0 radical (unpaired) electrons. The summed E-state index contributed by atoms with van der Waals surface area (Å²) in [6.07, 6.45) is 1.58. The third kappa shape index (κ3) is 2.43. The second-order valence-electron chi connectivity index (χ2n) is 3.99. The van der Waals surface area contributed by atoms with E-state index in [9.17, 15) is 5.26 Å². The summed E-state index contributed by atoms with van der Waals surface area (Å²) in [5.74, 6) is -0.338. The Hall–Kier alpha value is -2.34. The molecule has 1 aromatic heterocycles. The van der Waals surface area contributed by atoms with Gasteiger partial charge in [-0.3, -0.25) is 4.98 Å². The number of aryl methyl sites for hydroxylation is 1. The Bertz CT molecular complexity index is 552. The monoisotopic (exact) mass is 223 g/mol. The highest BCUT2D eigenvalue weighted by atomic mass is 14.7. The maximum Gasteiger partial charge on any atom is 0.113 e. The van der Waals surface area contributed by atoms with Crippen molar-refractivity contribution in [2.24, 2.45) is 0 Å². The predicted molar refractivity (Wildman–Crippen MR) is 67.3 cm³/mol. The molecule has 17 heavy (non-hydrogen) atoms. The number of hydrogen-bond donors (Lipinski definition) is 1. The van der Waals surface area contributed by atoms with E-state index in [1.165, 1.54) is 0 Å². The lowest BCUT2D eigenvalue weighted by Gasteiger charge is -2.09. The highest BCUT2D eigenvalue weighted by Crippen LogP contribution is 2.23. The summed E-state index contributed by atoms with van der Waals surface area (Å²) in [4.78, 5) is 4.21. The second kappa shape index (κ2) is 4.67. The lowest BCUT2D eigenvalue weighted by atomic mass is 9.95. The van der Waals surface area contributed by atoms with Crippen molar-refractivity contribution in [2.45, 2.75) is 12.8 Å². The van der Waals surface area contributed by atoms with Gasteiger partial charge in [0.15, 0.2) is 0 Å². The van der Waals surface area contributed by atoms with Gasteiger partial charge in [0, 0.05) is 0 Å². The highest BCUT2D eigenvalue weighted by Gasteiger charge is 2.14. The van der Waals surface area contributed by atoms with Gasteiger partial charge in [0.25, 0.3) is 0 Å². The van der Waals surface area contributed by atoms with Crippen LogP contribution in [0, 0.1) is 18.3 Å². The molecule has 2 rings (SSSR count). The van der Waals surface area contributed by atoms with E-state index in [0.717, 1.165) is 16.8 Å². The maximum atomic E-state index is 9.27. The van der Waals surface area contributed by atoms with Gasteiger partial charge in [0.1, 0.15) is 5.92 Å². The van der Waals surface area contributed by atoms with Gasteiger partial charge in [-0.05, 0) is 24.6 Å². The number of rotatable bonds is 2. The normalized spacial score (nSPS) is 11.8. The van der Waals surface area contributed by atoms with E-state index in [1.807, 2.05) is 31.2 Å². The summed E-state index contributed by atoms with van der Waals surface area (Å²) in [7, 11) is 0. The van der Waals surface area contributed by atoms with Crippen molar-refractivity contribution >= 4 is 5.69 Å². The lowest BCUT2D eigenvalue weighted by Crippen LogP contribution is -2.01. The van der Waals surface area contributed by atoms with Crippen LogP contribution in [0.1, 0.15) is 22.7 Å². The van der Waals surface area contributed by atoms with Gasteiger partial charge in [0.2, 0.25) is 0 Å². The summed E-state index contributed by atoms with van der Waals surface area (Å²) < 4.78 is 0. The SMILES string of the molecule is Cc1cccc(C(C#N)c2ccc(N)cn2)c1. The van der Waals surface area contributed by atoms with Crippen molar-refractivity contribution in [1.82, 2.24) is 4.98 Å². The number of pyridine rings is 1. The maximum absolute atomic E-state index is 9.27. The molecule has 0 spiro atoms.